The molecule has 0 aliphatic heterocycles. The number of hydrogen-bond acceptors (Lipinski definition) is 3. The summed E-state index contributed by atoms with van der Waals surface area (Å²) in [7, 11) is 1.83. The highest BCUT2D eigenvalue weighted by Gasteiger charge is 2.11. The molecule has 0 saturated carbocycles. The van der Waals surface area contributed by atoms with Gasteiger partial charge in [-0.3, -0.25) is 0 Å². The first kappa shape index (κ1) is 9.71. The second-order valence-corrected chi connectivity index (χ2v) is 3.33. The van der Waals surface area contributed by atoms with E-state index in [1.807, 2.05) is 27.8 Å². The predicted octanol–water partition coefficient (Wildman–Crippen LogP) is 1.82. The summed E-state index contributed by atoms with van der Waals surface area (Å²) >= 11 is 0. The quantitative estimate of drug-likeness (QED) is 0.576. The second kappa shape index (κ2) is 3.17. The average Bonchev–Trinajstić information content (AvgIpc) is 2.13. The number of nitrogens with two attached hydrogens (primary N) is 2. The van der Waals surface area contributed by atoms with E-state index in [9.17, 15) is 0 Å². The number of rotatable bonds is 1. The molecule has 3 heteroatoms. The number of benzene rings is 1. The molecule has 1 aromatic rings. The van der Waals surface area contributed by atoms with Crippen LogP contribution in [0.1, 0.15) is 16.7 Å². The van der Waals surface area contributed by atoms with Gasteiger partial charge < -0.3 is 16.8 Å². The van der Waals surface area contributed by atoms with Crippen molar-refractivity contribution in [1.82, 2.24) is 0 Å². The van der Waals surface area contributed by atoms with Crippen LogP contribution in [0.25, 0.3) is 0 Å². The van der Waals surface area contributed by atoms with Crippen molar-refractivity contribution < 1.29 is 0 Å². The molecule has 0 atom stereocenters. The predicted molar refractivity (Wildman–Crippen MR) is 59.0 cm³/mol. The highest BCUT2D eigenvalue weighted by Crippen LogP contribution is 2.34. The van der Waals surface area contributed by atoms with E-state index in [-0.39, 0.29) is 0 Å². The van der Waals surface area contributed by atoms with E-state index in [4.69, 9.17) is 11.5 Å². The summed E-state index contributed by atoms with van der Waals surface area (Å²) in [5, 5.41) is 3.02. The lowest BCUT2D eigenvalue weighted by Crippen LogP contribution is -2.06. The van der Waals surface area contributed by atoms with Crippen LogP contribution in [0.4, 0.5) is 17.1 Å². The Kier molecular flexibility index (Phi) is 2.36. The third kappa shape index (κ3) is 1.30. The number of nitrogen functional groups attached to an aromatic ring is 2. The molecular formula is C10H17N3. The van der Waals surface area contributed by atoms with E-state index in [0.29, 0.717) is 0 Å². The van der Waals surface area contributed by atoms with Gasteiger partial charge in [-0.2, -0.15) is 0 Å². The van der Waals surface area contributed by atoms with Gasteiger partial charge in [0, 0.05) is 7.05 Å². The van der Waals surface area contributed by atoms with Crippen molar-refractivity contribution in [3.05, 3.63) is 16.7 Å². The summed E-state index contributed by atoms with van der Waals surface area (Å²) < 4.78 is 0. The second-order valence-electron chi connectivity index (χ2n) is 3.33. The Hall–Kier alpha value is -1.38. The van der Waals surface area contributed by atoms with Crippen molar-refractivity contribution >= 4 is 17.1 Å². The molecule has 0 heterocycles. The van der Waals surface area contributed by atoms with Crippen LogP contribution in [0.15, 0.2) is 0 Å². The van der Waals surface area contributed by atoms with Gasteiger partial charge in [-0.05, 0) is 37.5 Å². The van der Waals surface area contributed by atoms with Crippen LogP contribution in [-0.4, -0.2) is 7.05 Å². The molecule has 1 aromatic carbocycles. The van der Waals surface area contributed by atoms with Gasteiger partial charge in [0.25, 0.3) is 0 Å². The van der Waals surface area contributed by atoms with Gasteiger partial charge in [-0.15, -0.1) is 0 Å². The first-order valence-corrected chi connectivity index (χ1v) is 4.33. The fourth-order valence-electron chi connectivity index (χ4n) is 1.47. The fraction of sp³-hybridized carbons (Fsp3) is 0.400. The maximum Gasteiger partial charge on any atom is 0.0810 e. The minimum Gasteiger partial charge on any atom is -0.397 e. The normalized spacial score (nSPS) is 10.2. The molecule has 0 radical (unpaired) electrons. The van der Waals surface area contributed by atoms with Crippen LogP contribution in [0.3, 0.4) is 0 Å². The Labute approximate surface area is 79.1 Å². The zero-order chi connectivity index (χ0) is 10.2. The Morgan fingerprint density at radius 3 is 1.54 bits per heavy atom. The van der Waals surface area contributed by atoms with Gasteiger partial charge in [0.05, 0.1) is 17.1 Å². The zero-order valence-electron chi connectivity index (χ0n) is 8.65. The van der Waals surface area contributed by atoms with Gasteiger partial charge in [0.15, 0.2) is 0 Å². The van der Waals surface area contributed by atoms with Gasteiger partial charge in [-0.1, -0.05) is 0 Å². The van der Waals surface area contributed by atoms with E-state index in [1.54, 1.807) is 0 Å². The van der Waals surface area contributed by atoms with Crippen LogP contribution < -0.4 is 16.8 Å². The van der Waals surface area contributed by atoms with Crippen LogP contribution >= 0.6 is 0 Å². The molecule has 0 amide bonds. The monoisotopic (exact) mass is 179 g/mol. The van der Waals surface area contributed by atoms with E-state index >= 15 is 0 Å². The summed E-state index contributed by atoms with van der Waals surface area (Å²) in [5.74, 6) is 0. The van der Waals surface area contributed by atoms with Crippen LogP contribution in [0.5, 0.6) is 0 Å². The highest BCUT2D eigenvalue weighted by molar-refractivity contribution is 5.85. The van der Waals surface area contributed by atoms with Crippen LogP contribution in [-0.2, 0) is 0 Å². The van der Waals surface area contributed by atoms with E-state index in [2.05, 4.69) is 5.32 Å². The third-order valence-corrected chi connectivity index (χ3v) is 2.72. The molecule has 5 N–H and O–H groups in total. The lowest BCUT2D eigenvalue weighted by molar-refractivity contribution is 1.27. The minimum atomic E-state index is 0.753. The van der Waals surface area contributed by atoms with Crippen LogP contribution in [0.2, 0.25) is 0 Å². The Morgan fingerprint density at radius 2 is 1.23 bits per heavy atom. The topological polar surface area (TPSA) is 64.1 Å². The summed E-state index contributed by atoms with van der Waals surface area (Å²) in [6.07, 6.45) is 0. The molecule has 0 spiro atoms. The molecule has 0 saturated heterocycles. The summed E-state index contributed by atoms with van der Waals surface area (Å²) in [6.45, 7) is 6.06. The first-order chi connectivity index (χ1) is 6.00. The molecular weight excluding hydrogens is 162 g/mol. The molecule has 0 bridgehead atoms. The van der Waals surface area contributed by atoms with E-state index in [0.717, 1.165) is 28.2 Å². The molecule has 3 nitrogen and oxygen atoms in total. The van der Waals surface area contributed by atoms with Crippen molar-refractivity contribution in [2.75, 3.05) is 23.8 Å². The summed E-state index contributed by atoms with van der Waals surface area (Å²) in [4.78, 5) is 0. The maximum absolute atomic E-state index is 5.92. The van der Waals surface area contributed by atoms with Crippen molar-refractivity contribution in [2.45, 2.75) is 20.8 Å². The van der Waals surface area contributed by atoms with E-state index in [1.165, 1.54) is 5.56 Å². The Bertz CT molecular complexity index is 314. The summed E-state index contributed by atoms with van der Waals surface area (Å²) in [6, 6.07) is 0. The molecule has 0 unspecified atom stereocenters. The summed E-state index contributed by atoms with van der Waals surface area (Å²) in [5.41, 5.74) is 17.6. The number of anilines is 3. The van der Waals surface area contributed by atoms with Gasteiger partial charge in [0.1, 0.15) is 0 Å². The largest absolute Gasteiger partial charge is 0.397 e. The number of nitrogens with one attached hydrogen (secondary N) is 1. The first-order valence-electron chi connectivity index (χ1n) is 4.33. The highest BCUT2D eigenvalue weighted by atomic mass is 14.9. The Balaban J connectivity index is 3.56. The molecule has 0 aliphatic carbocycles. The minimum absolute atomic E-state index is 0.753. The van der Waals surface area contributed by atoms with Gasteiger partial charge >= 0.3 is 0 Å². The molecule has 0 fully saturated rings. The lowest BCUT2D eigenvalue weighted by Gasteiger charge is -2.17. The standard InChI is InChI=1S/C10H17N3/c1-5-6(2)8(11)10(13-4)9(12)7(5)3/h13H,11-12H2,1-4H3. The SMILES string of the molecule is CNc1c(N)c(C)c(C)c(C)c1N. The lowest BCUT2D eigenvalue weighted by atomic mass is 9.99. The fourth-order valence-corrected chi connectivity index (χ4v) is 1.47. The molecule has 0 aromatic heterocycles. The zero-order valence-corrected chi connectivity index (χ0v) is 8.65. The van der Waals surface area contributed by atoms with E-state index < -0.39 is 0 Å². The van der Waals surface area contributed by atoms with Crippen LogP contribution in [0, 0.1) is 20.8 Å². The van der Waals surface area contributed by atoms with Crippen molar-refractivity contribution in [2.24, 2.45) is 0 Å². The van der Waals surface area contributed by atoms with Crippen molar-refractivity contribution in [1.29, 1.82) is 0 Å². The third-order valence-electron chi connectivity index (χ3n) is 2.72. The van der Waals surface area contributed by atoms with Crippen molar-refractivity contribution in [3.8, 4) is 0 Å². The van der Waals surface area contributed by atoms with Gasteiger partial charge in [-0.25, -0.2) is 0 Å². The smallest absolute Gasteiger partial charge is 0.0810 e. The molecule has 0 aliphatic rings. The Morgan fingerprint density at radius 1 is 0.846 bits per heavy atom. The van der Waals surface area contributed by atoms with Gasteiger partial charge in [0.2, 0.25) is 0 Å². The molecule has 1 rings (SSSR count). The number of hydrogen-bond donors (Lipinski definition) is 3. The van der Waals surface area contributed by atoms with Crippen molar-refractivity contribution in [3.63, 3.8) is 0 Å². The molecule has 13 heavy (non-hydrogen) atoms. The maximum atomic E-state index is 5.92. The molecule has 72 valence electrons. The average molecular weight is 179 g/mol.